The molecule has 0 atom stereocenters. The summed E-state index contributed by atoms with van der Waals surface area (Å²) < 4.78 is 27.9. The van der Waals surface area contributed by atoms with Crippen molar-refractivity contribution in [3.8, 4) is 0 Å². The summed E-state index contributed by atoms with van der Waals surface area (Å²) in [5.41, 5.74) is 6.28. The molecule has 174 valence electrons. The molecular weight excluding hydrogens is 436 g/mol. The zero-order chi connectivity index (χ0) is 24.3. The lowest BCUT2D eigenvalue weighted by Gasteiger charge is -2.14. The molecule has 8 heteroatoms. The number of nitrogens with zero attached hydrogens (tertiary/aromatic N) is 3. The van der Waals surface area contributed by atoms with E-state index in [1.54, 1.807) is 12.1 Å². The van der Waals surface area contributed by atoms with Gasteiger partial charge in [0, 0.05) is 37.1 Å². The zero-order valence-corrected chi connectivity index (χ0v) is 20.7. The van der Waals surface area contributed by atoms with E-state index in [2.05, 4.69) is 41.6 Å². The highest BCUT2D eigenvalue weighted by Gasteiger charge is 2.18. The monoisotopic (exact) mass is 466 g/mol. The Morgan fingerprint density at radius 1 is 1.06 bits per heavy atom. The highest BCUT2D eigenvalue weighted by Crippen LogP contribution is 2.22. The number of aryl methyl sites for hydroxylation is 3. The fourth-order valence-corrected chi connectivity index (χ4v) is 4.34. The molecule has 1 amide bonds. The van der Waals surface area contributed by atoms with Crippen molar-refractivity contribution in [2.75, 3.05) is 19.4 Å². The first-order valence-electron chi connectivity index (χ1n) is 10.6. The summed E-state index contributed by atoms with van der Waals surface area (Å²) in [6.45, 7) is 8.41. The maximum atomic E-state index is 12.6. The van der Waals surface area contributed by atoms with Crippen LogP contribution in [0.15, 0.2) is 53.4 Å². The first-order valence-corrected chi connectivity index (χ1v) is 12.0. The average Bonchev–Trinajstić information content (AvgIpc) is 3.02. The third-order valence-corrected chi connectivity index (χ3v) is 7.35. The van der Waals surface area contributed by atoms with Gasteiger partial charge in [-0.05, 0) is 57.0 Å². The van der Waals surface area contributed by atoms with Crippen molar-refractivity contribution in [3.63, 3.8) is 0 Å². The molecule has 3 aromatic rings. The third-order valence-electron chi connectivity index (χ3n) is 5.54. The predicted molar refractivity (Wildman–Crippen MR) is 132 cm³/mol. The molecule has 3 rings (SSSR count). The first kappa shape index (κ1) is 24.4. The Morgan fingerprint density at radius 2 is 1.73 bits per heavy atom. The number of carbonyl (C=O) groups excluding carboxylic acids is 1. The maximum absolute atomic E-state index is 12.6. The molecule has 33 heavy (non-hydrogen) atoms. The minimum atomic E-state index is -3.59. The van der Waals surface area contributed by atoms with Gasteiger partial charge in [0.2, 0.25) is 15.9 Å². The van der Waals surface area contributed by atoms with Crippen LogP contribution in [0.5, 0.6) is 0 Å². The van der Waals surface area contributed by atoms with Crippen LogP contribution in [0.3, 0.4) is 0 Å². The van der Waals surface area contributed by atoms with Gasteiger partial charge in [-0.1, -0.05) is 35.9 Å². The number of anilines is 1. The molecule has 1 N–H and O–H groups in total. The fourth-order valence-electron chi connectivity index (χ4n) is 3.41. The number of benzene rings is 2. The van der Waals surface area contributed by atoms with Crippen molar-refractivity contribution in [2.24, 2.45) is 0 Å². The van der Waals surface area contributed by atoms with Gasteiger partial charge in [-0.2, -0.15) is 5.10 Å². The van der Waals surface area contributed by atoms with E-state index in [4.69, 9.17) is 0 Å². The number of amides is 1. The number of hydrogen-bond acceptors (Lipinski definition) is 4. The number of carbonyl (C=O) groups is 1. The van der Waals surface area contributed by atoms with Crippen LogP contribution in [0.4, 0.5) is 5.69 Å². The summed E-state index contributed by atoms with van der Waals surface area (Å²) >= 11 is 0. The van der Waals surface area contributed by atoms with Crippen molar-refractivity contribution in [2.45, 2.75) is 39.1 Å². The minimum Gasteiger partial charge on any atom is -0.322 e. The quantitative estimate of drug-likeness (QED) is 0.532. The average molecular weight is 467 g/mol. The molecule has 0 radical (unpaired) electrons. The van der Waals surface area contributed by atoms with Crippen LogP contribution in [0.25, 0.3) is 6.08 Å². The Bertz CT molecular complexity index is 1300. The lowest BCUT2D eigenvalue weighted by molar-refractivity contribution is -0.111. The van der Waals surface area contributed by atoms with E-state index in [1.807, 2.05) is 25.5 Å². The second-order valence-electron chi connectivity index (χ2n) is 8.31. The third kappa shape index (κ3) is 5.58. The van der Waals surface area contributed by atoms with Gasteiger partial charge < -0.3 is 5.32 Å². The second kappa shape index (κ2) is 9.72. The van der Waals surface area contributed by atoms with Crippen molar-refractivity contribution in [3.05, 3.63) is 82.2 Å². The summed E-state index contributed by atoms with van der Waals surface area (Å²) in [6.07, 6.45) is 3.19. The molecule has 0 fully saturated rings. The van der Waals surface area contributed by atoms with Crippen LogP contribution >= 0.6 is 0 Å². The van der Waals surface area contributed by atoms with Crippen molar-refractivity contribution < 1.29 is 13.2 Å². The smallest absolute Gasteiger partial charge is 0.248 e. The van der Waals surface area contributed by atoms with E-state index in [0.29, 0.717) is 12.2 Å². The minimum absolute atomic E-state index is 0.126. The van der Waals surface area contributed by atoms with Crippen molar-refractivity contribution in [1.82, 2.24) is 14.1 Å². The molecule has 0 unspecified atom stereocenters. The molecule has 0 saturated heterocycles. The van der Waals surface area contributed by atoms with Gasteiger partial charge in [0.1, 0.15) is 0 Å². The summed E-state index contributed by atoms with van der Waals surface area (Å²) in [7, 11) is -0.647. The molecule has 0 aliphatic carbocycles. The Kier molecular flexibility index (Phi) is 7.19. The molecule has 7 nitrogen and oxygen atoms in total. The first-order chi connectivity index (χ1) is 15.5. The number of sulfonamides is 1. The summed E-state index contributed by atoms with van der Waals surface area (Å²) in [4.78, 5) is 12.7. The molecule has 0 aliphatic rings. The summed E-state index contributed by atoms with van der Waals surface area (Å²) in [6, 6.07) is 13.0. The van der Waals surface area contributed by atoms with Gasteiger partial charge >= 0.3 is 0 Å². The zero-order valence-electron chi connectivity index (χ0n) is 19.9. The Morgan fingerprint density at radius 3 is 2.36 bits per heavy atom. The van der Waals surface area contributed by atoms with Gasteiger partial charge in [-0.15, -0.1) is 0 Å². The van der Waals surface area contributed by atoms with Crippen molar-refractivity contribution in [1.29, 1.82) is 0 Å². The number of rotatable bonds is 7. The van der Waals surface area contributed by atoms with Crippen LogP contribution in [0, 0.1) is 27.7 Å². The van der Waals surface area contributed by atoms with E-state index in [9.17, 15) is 13.2 Å². The van der Waals surface area contributed by atoms with E-state index >= 15 is 0 Å². The molecule has 1 aromatic heterocycles. The van der Waals surface area contributed by atoms with Gasteiger partial charge in [-0.3, -0.25) is 9.48 Å². The summed E-state index contributed by atoms with van der Waals surface area (Å²) in [5, 5.41) is 7.41. The van der Waals surface area contributed by atoms with Crippen LogP contribution in [-0.2, 0) is 21.4 Å². The molecule has 0 bridgehead atoms. The van der Waals surface area contributed by atoms with E-state index < -0.39 is 10.0 Å². The fraction of sp³-hybridized carbons (Fsp3) is 0.280. The van der Waals surface area contributed by atoms with E-state index in [1.165, 1.54) is 37.9 Å². The van der Waals surface area contributed by atoms with Crippen LogP contribution in [0.2, 0.25) is 0 Å². The standard InChI is InChI=1S/C25H30N4O3S/c1-17-7-10-21(11-8-17)16-29-20(4)23(19(3)27-29)13-14-25(30)26-24-15-22(12-9-18(24)2)33(31,32)28(5)6/h7-15H,16H2,1-6H3,(H,26,30)/b14-13+. The number of aromatic nitrogens is 2. The predicted octanol–water partition coefficient (Wildman–Crippen LogP) is 4.07. The van der Waals surface area contributed by atoms with Gasteiger partial charge in [-0.25, -0.2) is 12.7 Å². The van der Waals surface area contributed by atoms with E-state index in [-0.39, 0.29) is 10.8 Å². The lowest BCUT2D eigenvalue weighted by Crippen LogP contribution is -2.22. The van der Waals surface area contributed by atoms with Gasteiger partial charge in [0.15, 0.2) is 0 Å². The van der Waals surface area contributed by atoms with Gasteiger partial charge in [0.05, 0.1) is 17.1 Å². The maximum Gasteiger partial charge on any atom is 0.248 e. The van der Waals surface area contributed by atoms with Crippen LogP contribution < -0.4 is 5.32 Å². The highest BCUT2D eigenvalue weighted by atomic mass is 32.2. The molecular formula is C25H30N4O3S. The number of hydrogen-bond donors (Lipinski definition) is 1. The molecule has 1 heterocycles. The molecule has 2 aromatic carbocycles. The number of nitrogens with one attached hydrogen (secondary N) is 1. The Hall–Kier alpha value is -3.23. The molecule has 0 spiro atoms. The second-order valence-corrected chi connectivity index (χ2v) is 10.5. The molecule has 0 saturated carbocycles. The Labute approximate surface area is 195 Å². The highest BCUT2D eigenvalue weighted by molar-refractivity contribution is 7.89. The van der Waals surface area contributed by atoms with Crippen LogP contribution in [0.1, 0.15) is 33.6 Å². The molecule has 0 aliphatic heterocycles. The summed E-state index contributed by atoms with van der Waals surface area (Å²) in [5.74, 6) is -0.345. The Balaban J connectivity index is 1.78. The SMILES string of the molecule is Cc1ccc(Cn2nc(C)c(/C=C/C(=O)Nc3cc(S(=O)(=O)N(C)C)ccc3C)c2C)cc1. The lowest BCUT2D eigenvalue weighted by atomic mass is 10.1. The largest absolute Gasteiger partial charge is 0.322 e. The topological polar surface area (TPSA) is 84.3 Å². The normalized spacial score (nSPS) is 12.0. The van der Waals surface area contributed by atoms with E-state index in [0.717, 1.165) is 32.4 Å². The van der Waals surface area contributed by atoms with Crippen molar-refractivity contribution >= 4 is 27.7 Å². The van der Waals surface area contributed by atoms with Gasteiger partial charge in [0.25, 0.3) is 0 Å². The van der Waals surface area contributed by atoms with Crippen LogP contribution in [-0.4, -0.2) is 42.5 Å².